The number of carbonyl (C=O) groups is 2. The molecule has 15 heavy (non-hydrogen) atoms. The standard InChI is InChI=1S/C9H15NO4S/c1-5(2)15-9(13)7(11)4-8(12)14-6(3)10/h6-7,11H,1,4,10H2,2-3H3. The second-order valence-electron chi connectivity index (χ2n) is 3.04. The Balaban J connectivity index is 4.01. The van der Waals surface area contributed by atoms with Crippen molar-refractivity contribution >= 4 is 22.8 Å². The number of thioether (sulfide) groups is 1. The number of hydrogen-bond acceptors (Lipinski definition) is 6. The van der Waals surface area contributed by atoms with E-state index < -0.39 is 23.4 Å². The highest BCUT2D eigenvalue weighted by molar-refractivity contribution is 8.17. The maximum Gasteiger partial charge on any atom is 0.310 e. The molecule has 0 fully saturated rings. The molecule has 0 aromatic rings. The van der Waals surface area contributed by atoms with E-state index in [1.807, 2.05) is 0 Å². The highest BCUT2D eigenvalue weighted by Crippen LogP contribution is 2.16. The molecule has 0 radical (unpaired) electrons. The SMILES string of the molecule is C=C(C)SC(=O)C(O)CC(=O)OC(C)N. The summed E-state index contributed by atoms with van der Waals surface area (Å²) in [6, 6.07) is 0. The fourth-order valence-corrected chi connectivity index (χ4v) is 1.30. The normalized spacial score (nSPS) is 14.1. The van der Waals surface area contributed by atoms with Crippen LogP contribution in [0.25, 0.3) is 0 Å². The minimum absolute atomic E-state index is 0.388. The first kappa shape index (κ1) is 14.2. The van der Waals surface area contributed by atoms with Crippen LogP contribution in [0.2, 0.25) is 0 Å². The van der Waals surface area contributed by atoms with Crippen LogP contribution in [0.3, 0.4) is 0 Å². The number of carbonyl (C=O) groups excluding carboxylic acids is 2. The maximum absolute atomic E-state index is 11.2. The molecule has 2 atom stereocenters. The van der Waals surface area contributed by atoms with Gasteiger partial charge in [-0.15, -0.1) is 0 Å². The van der Waals surface area contributed by atoms with Crippen molar-refractivity contribution in [2.75, 3.05) is 0 Å². The molecule has 3 N–H and O–H groups in total. The Labute approximate surface area is 92.7 Å². The summed E-state index contributed by atoms with van der Waals surface area (Å²) < 4.78 is 4.57. The lowest BCUT2D eigenvalue weighted by Gasteiger charge is -2.10. The van der Waals surface area contributed by atoms with E-state index in [1.54, 1.807) is 6.92 Å². The molecule has 0 aromatic carbocycles. The van der Waals surface area contributed by atoms with Gasteiger partial charge in [0.2, 0.25) is 5.12 Å². The molecule has 0 saturated heterocycles. The Morgan fingerprint density at radius 2 is 2.13 bits per heavy atom. The van der Waals surface area contributed by atoms with Crippen molar-refractivity contribution in [3.05, 3.63) is 11.5 Å². The zero-order valence-electron chi connectivity index (χ0n) is 8.73. The lowest BCUT2D eigenvalue weighted by Crippen LogP contribution is -2.28. The minimum Gasteiger partial charge on any atom is -0.447 e. The average molecular weight is 233 g/mol. The summed E-state index contributed by atoms with van der Waals surface area (Å²) in [5.41, 5.74) is 5.20. The first-order chi connectivity index (χ1) is 6.82. The van der Waals surface area contributed by atoms with Gasteiger partial charge < -0.3 is 9.84 Å². The Bertz CT molecular complexity index is 265. The largest absolute Gasteiger partial charge is 0.447 e. The molecule has 0 aliphatic heterocycles. The predicted octanol–water partition coefficient (Wildman–Crippen LogP) is 0.379. The Morgan fingerprint density at radius 1 is 1.60 bits per heavy atom. The fraction of sp³-hybridized carbons (Fsp3) is 0.556. The molecule has 0 spiro atoms. The van der Waals surface area contributed by atoms with Crippen LogP contribution in [0, 0.1) is 0 Å². The number of rotatable bonds is 5. The molecule has 0 amide bonds. The summed E-state index contributed by atoms with van der Waals surface area (Å²) in [7, 11) is 0. The second-order valence-corrected chi connectivity index (χ2v) is 4.34. The number of aliphatic hydroxyl groups is 1. The number of allylic oxidation sites excluding steroid dienone is 1. The number of hydrogen-bond donors (Lipinski definition) is 2. The topological polar surface area (TPSA) is 89.6 Å². The van der Waals surface area contributed by atoms with Gasteiger partial charge in [-0.05, 0) is 18.8 Å². The van der Waals surface area contributed by atoms with E-state index in [4.69, 9.17) is 5.73 Å². The van der Waals surface area contributed by atoms with Gasteiger partial charge in [-0.3, -0.25) is 15.3 Å². The minimum atomic E-state index is -1.38. The number of nitrogens with two attached hydrogens (primary N) is 1. The first-order valence-corrected chi connectivity index (χ1v) is 5.15. The summed E-state index contributed by atoms with van der Waals surface area (Å²) >= 11 is 0.801. The van der Waals surface area contributed by atoms with Crippen molar-refractivity contribution in [1.82, 2.24) is 0 Å². The quantitative estimate of drug-likeness (QED) is 0.527. The van der Waals surface area contributed by atoms with Gasteiger partial charge >= 0.3 is 5.97 Å². The Hall–Kier alpha value is -0.850. The Kier molecular flexibility index (Phi) is 6.23. The molecule has 0 aliphatic carbocycles. The van der Waals surface area contributed by atoms with Gasteiger partial charge in [0.05, 0.1) is 6.42 Å². The van der Waals surface area contributed by atoms with Crippen molar-refractivity contribution in [3.8, 4) is 0 Å². The van der Waals surface area contributed by atoms with Crippen molar-refractivity contribution in [2.45, 2.75) is 32.6 Å². The number of ether oxygens (including phenoxy) is 1. The smallest absolute Gasteiger partial charge is 0.310 e. The van der Waals surface area contributed by atoms with Crippen LogP contribution in [0.15, 0.2) is 11.5 Å². The third kappa shape index (κ3) is 7.12. The van der Waals surface area contributed by atoms with E-state index in [1.165, 1.54) is 6.92 Å². The predicted molar refractivity (Wildman–Crippen MR) is 57.8 cm³/mol. The summed E-state index contributed by atoms with van der Waals surface area (Å²) in [4.78, 5) is 22.8. The van der Waals surface area contributed by atoms with Crippen LogP contribution < -0.4 is 5.73 Å². The van der Waals surface area contributed by atoms with Crippen molar-refractivity contribution in [1.29, 1.82) is 0 Å². The van der Waals surface area contributed by atoms with Crippen molar-refractivity contribution < 1.29 is 19.4 Å². The zero-order chi connectivity index (χ0) is 12.0. The van der Waals surface area contributed by atoms with Crippen LogP contribution in [0.4, 0.5) is 0 Å². The van der Waals surface area contributed by atoms with Gasteiger partial charge in [-0.25, -0.2) is 0 Å². The molecular weight excluding hydrogens is 218 g/mol. The number of esters is 1. The van der Waals surface area contributed by atoms with Crippen LogP contribution in [-0.4, -0.2) is 28.5 Å². The molecule has 2 unspecified atom stereocenters. The molecule has 0 rings (SSSR count). The molecule has 86 valence electrons. The maximum atomic E-state index is 11.2. The first-order valence-electron chi connectivity index (χ1n) is 4.33. The molecule has 0 heterocycles. The molecule has 0 aromatic heterocycles. The van der Waals surface area contributed by atoms with Crippen LogP contribution in [0.1, 0.15) is 20.3 Å². The summed E-state index contributed by atoms with van der Waals surface area (Å²) in [5, 5.41) is 8.77. The van der Waals surface area contributed by atoms with Crippen molar-refractivity contribution in [3.63, 3.8) is 0 Å². The van der Waals surface area contributed by atoms with Crippen molar-refractivity contribution in [2.24, 2.45) is 5.73 Å². The van der Waals surface area contributed by atoms with E-state index in [-0.39, 0.29) is 6.42 Å². The summed E-state index contributed by atoms with van der Waals surface area (Å²) in [6.45, 7) is 6.62. The molecule has 0 aliphatic rings. The highest BCUT2D eigenvalue weighted by atomic mass is 32.2. The highest BCUT2D eigenvalue weighted by Gasteiger charge is 2.21. The molecule has 6 heteroatoms. The van der Waals surface area contributed by atoms with Gasteiger partial charge in [0.25, 0.3) is 0 Å². The Morgan fingerprint density at radius 3 is 2.53 bits per heavy atom. The van der Waals surface area contributed by atoms with Gasteiger partial charge in [0, 0.05) is 0 Å². The molecule has 5 nitrogen and oxygen atoms in total. The number of aliphatic hydroxyl groups excluding tert-OH is 1. The van der Waals surface area contributed by atoms with Crippen LogP contribution in [-0.2, 0) is 14.3 Å². The van der Waals surface area contributed by atoms with Gasteiger partial charge in [0.15, 0.2) is 0 Å². The molecule has 0 saturated carbocycles. The molecular formula is C9H15NO4S. The molecule has 0 bridgehead atoms. The summed E-state index contributed by atoms with van der Waals surface area (Å²) in [5.74, 6) is -0.701. The van der Waals surface area contributed by atoms with E-state index in [0.29, 0.717) is 4.91 Å². The van der Waals surface area contributed by atoms with E-state index >= 15 is 0 Å². The van der Waals surface area contributed by atoms with E-state index in [2.05, 4.69) is 11.3 Å². The van der Waals surface area contributed by atoms with Gasteiger partial charge in [-0.2, -0.15) is 0 Å². The van der Waals surface area contributed by atoms with E-state index in [0.717, 1.165) is 11.8 Å². The average Bonchev–Trinajstić information content (AvgIpc) is 2.00. The fourth-order valence-electron chi connectivity index (χ4n) is 0.736. The third-order valence-electron chi connectivity index (χ3n) is 1.22. The monoisotopic (exact) mass is 233 g/mol. The lowest BCUT2D eigenvalue weighted by atomic mass is 10.3. The van der Waals surface area contributed by atoms with Gasteiger partial charge in [-0.1, -0.05) is 18.3 Å². The van der Waals surface area contributed by atoms with E-state index in [9.17, 15) is 14.7 Å². The lowest BCUT2D eigenvalue weighted by molar-refractivity contribution is -0.151. The second kappa shape index (κ2) is 6.60. The third-order valence-corrected chi connectivity index (χ3v) is 2.05. The van der Waals surface area contributed by atoms with Crippen LogP contribution in [0.5, 0.6) is 0 Å². The van der Waals surface area contributed by atoms with Crippen LogP contribution >= 0.6 is 11.8 Å². The zero-order valence-corrected chi connectivity index (χ0v) is 9.54. The summed E-state index contributed by atoms with van der Waals surface area (Å²) in [6.07, 6.45) is -2.51. The van der Waals surface area contributed by atoms with Gasteiger partial charge in [0.1, 0.15) is 12.3 Å².